The lowest BCUT2D eigenvalue weighted by Gasteiger charge is -2.13. The second-order valence-corrected chi connectivity index (χ2v) is 3.57. The molecule has 0 radical (unpaired) electrons. The minimum Gasteiger partial charge on any atom is -0.277 e. The van der Waals surface area contributed by atoms with E-state index in [1.54, 1.807) is 18.6 Å². The Labute approximate surface area is 95.9 Å². The first-order chi connectivity index (χ1) is 7.69. The molecule has 0 aromatic carbocycles. The van der Waals surface area contributed by atoms with Gasteiger partial charge in [0.25, 0.3) is 0 Å². The molecule has 0 bridgehead atoms. The third kappa shape index (κ3) is 3.08. The van der Waals surface area contributed by atoms with E-state index in [0.717, 1.165) is 6.42 Å². The van der Waals surface area contributed by atoms with E-state index in [9.17, 15) is 4.79 Å². The average Bonchev–Trinajstić information content (AvgIpc) is 2.82. The van der Waals surface area contributed by atoms with E-state index >= 15 is 0 Å². The van der Waals surface area contributed by atoms with Gasteiger partial charge < -0.3 is 0 Å². The zero-order chi connectivity index (χ0) is 12.0. The summed E-state index contributed by atoms with van der Waals surface area (Å²) in [6.07, 6.45) is 10.9. The zero-order valence-electron chi connectivity index (χ0n) is 9.71. The predicted octanol–water partition coefficient (Wildman–Crippen LogP) is 2.86. The number of allylic oxidation sites excluding steroid dienone is 1. The smallest absolute Gasteiger partial charge is 0.277 e. The van der Waals surface area contributed by atoms with E-state index < -0.39 is 0 Å². The number of nitrogens with zero attached hydrogens (tertiary/aromatic N) is 3. The van der Waals surface area contributed by atoms with Gasteiger partial charge in [0.1, 0.15) is 6.33 Å². The standard InChI is InChI=1S/C12H17N3O/c1-4-11(3)6-8-14(5-2)12(16)15-9-7-13-10-15/h5-11H,2,4H2,1,3H3/b8-6-. The number of imidazole rings is 1. The SMILES string of the molecule is C=CN(/C=C\C(C)CC)C(=O)n1ccnc1. The summed E-state index contributed by atoms with van der Waals surface area (Å²) < 4.78 is 1.41. The van der Waals surface area contributed by atoms with E-state index in [4.69, 9.17) is 0 Å². The van der Waals surface area contributed by atoms with Gasteiger partial charge in [-0.2, -0.15) is 0 Å². The van der Waals surface area contributed by atoms with Crippen molar-refractivity contribution in [1.82, 2.24) is 14.5 Å². The van der Waals surface area contributed by atoms with Crippen LogP contribution < -0.4 is 0 Å². The van der Waals surface area contributed by atoms with E-state index in [1.165, 1.54) is 22.0 Å². The fourth-order valence-corrected chi connectivity index (χ4v) is 1.08. The molecule has 1 aromatic heterocycles. The van der Waals surface area contributed by atoms with Crippen LogP contribution in [-0.2, 0) is 0 Å². The molecule has 1 atom stereocenters. The molecule has 4 heteroatoms. The van der Waals surface area contributed by atoms with Crippen LogP contribution in [0.25, 0.3) is 0 Å². The maximum absolute atomic E-state index is 11.9. The second kappa shape index (κ2) is 5.90. The van der Waals surface area contributed by atoms with Gasteiger partial charge >= 0.3 is 6.03 Å². The van der Waals surface area contributed by atoms with E-state index in [-0.39, 0.29) is 6.03 Å². The van der Waals surface area contributed by atoms with Gasteiger partial charge in [0.2, 0.25) is 0 Å². The summed E-state index contributed by atoms with van der Waals surface area (Å²) in [5, 5.41) is 0. The monoisotopic (exact) mass is 219 g/mol. The first kappa shape index (κ1) is 12.2. The molecule has 86 valence electrons. The number of aromatic nitrogens is 2. The zero-order valence-corrected chi connectivity index (χ0v) is 9.71. The topological polar surface area (TPSA) is 38.1 Å². The van der Waals surface area contributed by atoms with Crippen molar-refractivity contribution in [3.63, 3.8) is 0 Å². The van der Waals surface area contributed by atoms with E-state index in [0.29, 0.717) is 5.92 Å². The third-order valence-corrected chi connectivity index (χ3v) is 2.36. The highest BCUT2D eigenvalue weighted by molar-refractivity contribution is 5.78. The summed E-state index contributed by atoms with van der Waals surface area (Å²) in [7, 11) is 0. The third-order valence-electron chi connectivity index (χ3n) is 2.36. The fourth-order valence-electron chi connectivity index (χ4n) is 1.08. The second-order valence-electron chi connectivity index (χ2n) is 3.57. The van der Waals surface area contributed by atoms with Gasteiger partial charge in [0.05, 0.1) is 0 Å². The Morgan fingerprint density at radius 2 is 2.44 bits per heavy atom. The molecule has 0 fully saturated rings. The average molecular weight is 219 g/mol. The molecule has 0 spiro atoms. The molecular formula is C12H17N3O. The van der Waals surface area contributed by atoms with Crippen LogP contribution in [0.2, 0.25) is 0 Å². The molecule has 0 aliphatic rings. The maximum Gasteiger partial charge on any atom is 0.337 e. The highest BCUT2D eigenvalue weighted by Crippen LogP contribution is 2.05. The van der Waals surface area contributed by atoms with Gasteiger partial charge in [-0.25, -0.2) is 9.78 Å². The summed E-state index contributed by atoms with van der Waals surface area (Å²) >= 11 is 0. The number of amides is 1. The summed E-state index contributed by atoms with van der Waals surface area (Å²) in [5.41, 5.74) is 0. The molecule has 1 aromatic rings. The molecule has 1 unspecified atom stereocenters. The lowest BCUT2D eigenvalue weighted by Crippen LogP contribution is -2.24. The Hall–Kier alpha value is -1.84. The van der Waals surface area contributed by atoms with Crippen molar-refractivity contribution in [2.75, 3.05) is 0 Å². The van der Waals surface area contributed by atoms with E-state index in [2.05, 4.69) is 25.4 Å². The van der Waals surface area contributed by atoms with Crippen LogP contribution in [0.1, 0.15) is 20.3 Å². The Balaban J connectivity index is 2.72. The van der Waals surface area contributed by atoms with Crippen LogP contribution in [-0.4, -0.2) is 20.5 Å². The Bertz CT molecular complexity index is 368. The molecule has 0 aliphatic heterocycles. The first-order valence-corrected chi connectivity index (χ1v) is 5.30. The molecule has 0 N–H and O–H groups in total. The molecule has 1 amide bonds. The van der Waals surface area contributed by atoms with Gasteiger partial charge in [-0.3, -0.25) is 9.47 Å². The van der Waals surface area contributed by atoms with Crippen molar-refractivity contribution >= 4 is 6.03 Å². The Morgan fingerprint density at radius 3 is 2.94 bits per heavy atom. The highest BCUT2D eigenvalue weighted by atomic mass is 16.2. The Kier molecular flexibility index (Phi) is 4.51. The first-order valence-electron chi connectivity index (χ1n) is 5.30. The van der Waals surface area contributed by atoms with Gasteiger partial charge in [0, 0.05) is 24.8 Å². The molecular weight excluding hydrogens is 202 g/mol. The summed E-state index contributed by atoms with van der Waals surface area (Å²) in [6, 6.07) is -0.188. The number of hydrogen-bond donors (Lipinski definition) is 0. The molecule has 1 heterocycles. The molecule has 16 heavy (non-hydrogen) atoms. The Morgan fingerprint density at radius 1 is 1.69 bits per heavy atom. The van der Waals surface area contributed by atoms with Gasteiger partial charge in [-0.15, -0.1) is 0 Å². The van der Waals surface area contributed by atoms with Crippen LogP contribution in [0.15, 0.2) is 43.8 Å². The van der Waals surface area contributed by atoms with Crippen LogP contribution in [0.3, 0.4) is 0 Å². The molecule has 1 rings (SSSR count). The normalized spacial score (nSPS) is 12.6. The summed E-state index contributed by atoms with van der Waals surface area (Å²) in [5.74, 6) is 0.443. The van der Waals surface area contributed by atoms with Crippen LogP contribution in [0.5, 0.6) is 0 Å². The van der Waals surface area contributed by atoms with Crippen molar-refractivity contribution < 1.29 is 4.79 Å². The number of rotatable bonds is 4. The summed E-state index contributed by atoms with van der Waals surface area (Å²) in [4.78, 5) is 17.1. The predicted molar refractivity (Wildman–Crippen MR) is 63.7 cm³/mol. The van der Waals surface area contributed by atoms with Crippen LogP contribution >= 0.6 is 0 Å². The highest BCUT2D eigenvalue weighted by Gasteiger charge is 2.08. The lowest BCUT2D eigenvalue weighted by molar-refractivity contribution is 0.228. The van der Waals surface area contributed by atoms with Crippen molar-refractivity contribution in [3.05, 3.63) is 43.8 Å². The van der Waals surface area contributed by atoms with Crippen molar-refractivity contribution in [2.24, 2.45) is 5.92 Å². The largest absolute Gasteiger partial charge is 0.337 e. The van der Waals surface area contributed by atoms with Crippen LogP contribution in [0, 0.1) is 5.92 Å². The molecule has 0 saturated carbocycles. The van der Waals surface area contributed by atoms with Crippen LogP contribution in [0.4, 0.5) is 4.79 Å². The van der Waals surface area contributed by atoms with Crippen molar-refractivity contribution in [1.29, 1.82) is 0 Å². The number of hydrogen-bond acceptors (Lipinski definition) is 2. The van der Waals surface area contributed by atoms with Crippen molar-refractivity contribution in [3.8, 4) is 0 Å². The number of carbonyl (C=O) groups is 1. The molecule has 4 nitrogen and oxygen atoms in total. The number of carbonyl (C=O) groups excluding carboxylic acids is 1. The quantitative estimate of drug-likeness (QED) is 0.781. The molecule has 0 aliphatic carbocycles. The van der Waals surface area contributed by atoms with E-state index in [1.807, 2.05) is 6.08 Å². The molecule has 0 saturated heterocycles. The lowest BCUT2D eigenvalue weighted by atomic mass is 10.1. The van der Waals surface area contributed by atoms with Crippen molar-refractivity contribution in [2.45, 2.75) is 20.3 Å². The fraction of sp³-hybridized carbons (Fsp3) is 0.333. The van der Waals surface area contributed by atoms with Gasteiger partial charge in [0.15, 0.2) is 0 Å². The van der Waals surface area contributed by atoms with Gasteiger partial charge in [-0.05, 0) is 5.92 Å². The van der Waals surface area contributed by atoms with Gasteiger partial charge in [-0.1, -0.05) is 32.9 Å². The minimum absolute atomic E-state index is 0.188. The minimum atomic E-state index is -0.188. The maximum atomic E-state index is 11.9. The summed E-state index contributed by atoms with van der Waals surface area (Å²) in [6.45, 7) is 7.81.